The molecule has 1 N–H and O–H groups in total. The molecule has 5 heteroatoms. The zero-order valence-corrected chi connectivity index (χ0v) is 13.1. The molecule has 2 rings (SSSR count). The first-order valence-electron chi connectivity index (χ1n) is 6.88. The van der Waals surface area contributed by atoms with Gasteiger partial charge in [-0.05, 0) is 44.4 Å². The number of anilines is 1. The molecule has 1 amide bonds. The lowest BCUT2D eigenvalue weighted by atomic mass is 10.2. The molecule has 0 aromatic heterocycles. The molecule has 20 heavy (non-hydrogen) atoms. The van der Waals surface area contributed by atoms with Crippen molar-refractivity contribution in [3.63, 3.8) is 0 Å². The van der Waals surface area contributed by atoms with Crippen molar-refractivity contribution < 1.29 is 9.53 Å². The summed E-state index contributed by atoms with van der Waals surface area (Å²) < 4.78 is 5.67. The standard InChI is InChI=1S/C15H22N2O2S/c1-11-8-17(9-12(2)19-11)10-15(18)16-13-4-6-14(20-3)7-5-13/h4-7,11-12H,8-10H2,1-3H3,(H,16,18)/t11-,12+. The number of nitrogens with zero attached hydrogens (tertiary/aromatic N) is 1. The van der Waals surface area contributed by atoms with Gasteiger partial charge in [-0.3, -0.25) is 9.69 Å². The second kappa shape index (κ2) is 7.11. The van der Waals surface area contributed by atoms with E-state index >= 15 is 0 Å². The van der Waals surface area contributed by atoms with E-state index in [9.17, 15) is 4.79 Å². The van der Waals surface area contributed by atoms with Crippen LogP contribution in [0.15, 0.2) is 29.2 Å². The highest BCUT2D eigenvalue weighted by molar-refractivity contribution is 7.98. The maximum absolute atomic E-state index is 12.0. The Bertz CT molecular complexity index is 440. The summed E-state index contributed by atoms with van der Waals surface area (Å²) in [7, 11) is 0. The van der Waals surface area contributed by atoms with E-state index in [0.717, 1.165) is 18.8 Å². The summed E-state index contributed by atoms with van der Waals surface area (Å²) >= 11 is 1.69. The molecule has 0 spiro atoms. The van der Waals surface area contributed by atoms with Crippen molar-refractivity contribution in [2.24, 2.45) is 0 Å². The molecule has 4 nitrogen and oxygen atoms in total. The number of thioether (sulfide) groups is 1. The molecule has 0 radical (unpaired) electrons. The van der Waals surface area contributed by atoms with Gasteiger partial charge in [-0.25, -0.2) is 0 Å². The van der Waals surface area contributed by atoms with Crippen LogP contribution in [0.3, 0.4) is 0 Å². The normalized spacial score (nSPS) is 23.6. The first kappa shape index (κ1) is 15.4. The van der Waals surface area contributed by atoms with Gasteiger partial charge >= 0.3 is 0 Å². The Morgan fingerprint density at radius 3 is 2.45 bits per heavy atom. The fraction of sp³-hybridized carbons (Fsp3) is 0.533. The van der Waals surface area contributed by atoms with E-state index in [0.29, 0.717) is 6.54 Å². The first-order chi connectivity index (χ1) is 9.56. The SMILES string of the molecule is CSc1ccc(NC(=O)CN2C[C@@H](C)O[C@@H](C)C2)cc1. The van der Waals surface area contributed by atoms with Crippen molar-refractivity contribution in [3.8, 4) is 0 Å². The van der Waals surface area contributed by atoms with Gasteiger partial charge in [-0.2, -0.15) is 0 Å². The largest absolute Gasteiger partial charge is 0.373 e. The predicted octanol–water partition coefficient (Wildman–Crippen LogP) is 2.46. The third-order valence-electron chi connectivity index (χ3n) is 3.24. The third-order valence-corrected chi connectivity index (χ3v) is 3.98. The third kappa shape index (κ3) is 4.51. The van der Waals surface area contributed by atoms with Crippen LogP contribution in [-0.2, 0) is 9.53 Å². The predicted molar refractivity (Wildman–Crippen MR) is 83.3 cm³/mol. The molecular weight excluding hydrogens is 272 g/mol. The highest BCUT2D eigenvalue weighted by Crippen LogP contribution is 2.17. The van der Waals surface area contributed by atoms with Crippen LogP contribution in [0, 0.1) is 0 Å². The van der Waals surface area contributed by atoms with Gasteiger partial charge in [0, 0.05) is 23.7 Å². The Morgan fingerprint density at radius 2 is 1.90 bits per heavy atom. The Kier molecular flexibility index (Phi) is 5.46. The van der Waals surface area contributed by atoms with Crippen LogP contribution in [-0.4, -0.2) is 48.9 Å². The van der Waals surface area contributed by atoms with E-state index in [-0.39, 0.29) is 18.1 Å². The van der Waals surface area contributed by atoms with Gasteiger partial charge in [0.1, 0.15) is 0 Å². The van der Waals surface area contributed by atoms with Gasteiger partial charge in [0.05, 0.1) is 18.8 Å². The van der Waals surface area contributed by atoms with Crippen molar-refractivity contribution in [1.82, 2.24) is 4.90 Å². The number of benzene rings is 1. The summed E-state index contributed by atoms with van der Waals surface area (Å²) in [5.74, 6) is 0.0307. The quantitative estimate of drug-likeness (QED) is 0.866. The number of ether oxygens (including phenoxy) is 1. The molecule has 1 saturated heterocycles. The zero-order valence-electron chi connectivity index (χ0n) is 12.3. The maximum Gasteiger partial charge on any atom is 0.238 e. The molecule has 0 bridgehead atoms. The number of carbonyl (C=O) groups excluding carboxylic acids is 1. The van der Waals surface area contributed by atoms with Crippen molar-refractivity contribution in [1.29, 1.82) is 0 Å². The maximum atomic E-state index is 12.0. The Labute approximate surface area is 124 Å². The Morgan fingerprint density at radius 1 is 1.30 bits per heavy atom. The summed E-state index contributed by atoms with van der Waals surface area (Å²) in [5.41, 5.74) is 0.849. The zero-order chi connectivity index (χ0) is 14.5. The van der Waals surface area contributed by atoms with E-state index in [1.54, 1.807) is 11.8 Å². The molecular formula is C15H22N2O2S. The van der Waals surface area contributed by atoms with Crippen molar-refractivity contribution in [2.45, 2.75) is 31.0 Å². The molecule has 1 aromatic rings. The minimum atomic E-state index is 0.0307. The van der Waals surface area contributed by atoms with E-state index in [1.165, 1.54) is 4.90 Å². The van der Waals surface area contributed by atoms with Crippen LogP contribution in [0.1, 0.15) is 13.8 Å². The molecule has 0 aliphatic carbocycles. The van der Waals surface area contributed by atoms with Crippen molar-refractivity contribution in [2.75, 3.05) is 31.2 Å². The highest BCUT2D eigenvalue weighted by Gasteiger charge is 2.23. The topological polar surface area (TPSA) is 41.6 Å². The monoisotopic (exact) mass is 294 g/mol. The molecule has 0 saturated carbocycles. The number of rotatable bonds is 4. The molecule has 110 valence electrons. The fourth-order valence-electron chi connectivity index (χ4n) is 2.49. The Hall–Kier alpha value is -1.04. The second-order valence-corrected chi connectivity index (χ2v) is 6.11. The smallest absolute Gasteiger partial charge is 0.238 e. The molecule has 1 aliphatic heterocycles. The van der Waals surface area contributed by atoms with Crippen LogP contribution < -0.4 is 5.32 Å². The number of hydrogen-bond acceptors (Lipinski definition) is 4. The summed E-state index contributed by atoms with van der Waals surface area (Å²) in [6, 6.07) is 7.90. The summed E-state index contributed by atoms with van der Waals surface area (Å²) in [5, 5.41) is 2.94. The van der Waals surface area contributed by atoms with E-state index in [2.05, 4.69) is 10.2 Å². The highest BCUT2D eigenvalue weighted by atomic mass is 32.2. The van der Waals surface area contributed by atoms with Gasteiger partial charge in [0.2, 0.25) is 5.91 Å². The van der Waals surface area contributed by atoms with Crippen LogP contribution in [0.2, 0.25) is 0 Å². The lowest BCUT2D eigenvalue weighted by Gasteiger charge is -2.34. The minimum Gasteiger partial charge on any atom is -0.373 e. The van der Waals surface area contributed by atoms with Crippen LogP contribution in [0.4, 0.5) is 5.69 Å². The molecule has 1 aliphatic rings. The van der Waals surface area contributed by atoms with Crippen LogP contribution >= 0.6 is 11.8 Å². The number of morpholine rings is 1. The van der Waals surface area contributed by atoms with Crippen LogP contribution in [0.5, 0.6) is 0 Å². The molecule has 2 atom stereocenters. The van der Waals surface area contributed by atoms with E-state index < -0.39 is 0 Å². The first-order valence-corrected chi connectivity index (χ1v) is 8.11. The summed E-state index contributed by atoms with van der Waals surface area (Å²) in [4.78, 5) is 15.4. The number of nitrogens with one attached hydrogen (secondary N) is 1. The molecule has 1 fully saturated rings. The van der Waals surface area contributed by atoms with Gasteiger partial charge in [-0.15, -0.1) is 11.8 Å². The number of hydrogen-bond donors (Lipinski definition) is 1. The molecule has 0 unspecified atom stereocenters. The van der Waals surface area contributed by atoms with Gasteiger partial charge < -0.3 is 10.1 Å². The van der Waals surface area contributed by atoms with Gasteiger partial charge in [0.25, 0.3) is 0 Å². The van der Waals surface area contributed by atoms with Crippen LogP contribution in [0.25, 0.3) is 0 Å². The lowest BCUT2D eigenvalue weighted by Crippen LogP contribution is -2.48. The van der Waals surface area contributed by atoms with Crippen molar-refractivity contribution in [3.05, 3.63) is 24.3 Å². The van der Waals surface area contributed by atoms with Crippen molar-refractivity contribution >= 4 is 23.4 Å². The number of carbonyl (C=O) groups is 1. The number of amides is 1. The Balaban J connectivity index is 1.85. The van der Waals surface area contributed by atoms with Gasteiger partial charge in [-0.1, -0.05) is 0 Å². The minimum absolute atomic E-state index is 0.0307. The second-order valence-electron chi connectivity index (χ2n) is 5.23. The van der Waals surface area contributed by atoms with E-state index in [4.69, 9.17) is 4.74 Å². The van der Waals surface area contributed by atoms with Gasteiger partial charge in [0.15, 0.2) is 0 Å². The van der Waals surface area contributed by atoms with E-state index in [1.807, 2.05) is 44.4 Å². The summed E-state index contributed by atoms with van der Waals surface area (Å²) in [6.07, 6.45) is 2.41. The molecule has 1 heterocycles. The average Bonchev–Trinajstić information content (AvgIpc) is 2.38. The fourth-order valence-corrected chi connectivity index (χ4v) is 2.90. The lowest BCUT2D eigenvalue weighted by molar-refractivity contribution is -0.121. The molecule has 1 aromatic carbocycles. The average molecular weight is 294 g/mol. The summed E-state index contributed by atoms with van der Waals surface area (Å²) in [6.45, 7) is 6.12.